The molecule has 8 nitrogen and oxygen atoms in total. The van der Waals surface area contributed by atoms with Gasteiger partial charge in [-0.05, 0) is 77.8 Å². The van der Waals surface area contributed by atoms with Gasteiger partial charge in [-0.3, -0.25) is 9.69 Å². The number of halogens is 1. The van der Waals surface area contributed by atoms with Crippen molar-refractivity contribution in [3.8, 4) is 5.75 Å². The molecule has 0 aromatic heterocycles. The van der Waals surface area contributed by atoms with Crippen LogP contribution in [-0.4, -0.2) is 71.2 Å². The number of benzene rings is 1. The summed E-state index contributed by atoms with van der Waals surface area (Å²) in [6.45, 7) is 11.9. The van der Waals surface area contributed by atoms with Crippen LogP contribution in [-0.2, 0) is 19.0 Å². The van der Waals surface area contributed by atoms with Gasteiger partial charge in [0.2, 0.25) is 5.91 Å². The maximum Gasteiger partial charge on any atom is 0.410 e. The number of likely N-dealkylation sites (tertiary alicyclic amines) is 1. The van der Waals surface area contributed by atoms with Crippen LogP contribution in [0.3, 0.4) is 0 Å². The molecular weight excluding hydrogens is 479 g/mol. The minimum atomic E-state index is -0.734. The lowest BCUT2D eigenvalue weighted by Crippen LogP contribution is -2.65. The fourth-order valence-electron chi connectivity index (χ4n) is 5.84. The number of nitrogens with zero attached hydrogens (tertiary/aromatic N) is 1. The number of nitrogens with one attached hydrogen (secondary N) is 1. The number of carbonyl (C=O) groups is 2. The fraction of sp³-hybridized carbons (Fsp3) is 0.714. The molecule has 2 N–H and O–H groups in total. The second-order valence-electron chi connectivity index (χ2n) is 11.1. The van der Waals surface area contributed by atoms with Crippen LogP contribution in [0.25, 0.3) is 0 Å². The third-order valence-electron chi connectivity index (χ3n) is 7.30. The first kappa shape index (κ1) is 29.2. The number of morpholine rings is 1. The Hall–Kier alpha value is -2.39. The number of rotatable bonds is 4. The highest BCUT2D eigenvalue weighted by Gasteiger charge is 2.56. The lowest BCUT2D eigenvalue weighted by atomic mass is 9.82. The summed E-state index contributed by atoms with van der Waals surface area (Å²) in [7, 11) is 0. The largest absolute Gasteiger partial charge is 0.508 e. The minimum absolute atomic E-state index is 0.00250. The number of hydrogen-bond acceptors (Lipinski definition) is 6. The van der Waals surface area contributed by atoms with Crippen molar-refractivity contribution in [2.24, 2.45) is 0 Å². The molecular formula is C28H43FN2O6. The molecule has 4 rings (SSSR count). The average molecular weight is 523 g/mol. The SMILES string of the molecule is CC.CC1CC2(COCC(=O)N2)C(COC2CCC(c3c(O)cccc3F)CC2)N1C(=O)OC(C)(C)C. The summed E-state index contributed by atoms with van der Waals surface area (Å²) in [6, 6.07) is 3.80. The molecule has 37 heavy (non-hydrogen) atoms. The molecule has 9 heteroatoms. The Morgan fingerprint density at radius 3 is 2.51 bits per heavy atom. The molecule has 0 radical (unpaired) electrons. The van der Waals surface area contributed by atoms with E-state index in [9.17, 15) is 19.1 Å². The van der Waals surface area contributed by atoms with E-state index in [2.05, 4.69) is 5.32 Å². The maximum absolute atomic E-state index is 14.3. The van der Waals surface area contributed by atoms with Gasteiger partial charge < -0.3 is 24.6 Å². The lowest BCUT2D eigenvalue weighted by molar-refractivity contribution is -0.137. The standard InChI is InChI=1S/C26H37FN2O6.C2H6/c1-16-12-26(15-33-14-22(31)28-26)21(29(16)24(32)35-25(2,3)4)13-34-18-10-8-17(9-11-18)23-19(27)6-5-7-20(23)30;1-2/h5-7,16-18,21,30H,8-15H2,1-4H3,(H,28,31);1-2H3. The first-order valence-corrected chi connectivity index (χ1v) is 13.5. The van der Waals surface area contributed by atoms with Gasteiger partial charge in [0.1, 0.15) is 23.8 Å². The molecule has 1 aromatic carbocycles. The van der Waals surface area contributed by atoms with Crippen LogP contribution < -0.4 is 5.32 Å². The summed E-state index contributed by atoms with van der Waals surface area (Å²) in [5, 5.41) is 13.2. The van der Waals surface area contributed by atoms with E-state index in [1.807, 2.05) is 41.5 Å². The van der Waals surface area contributed by atoms with Gasteiger partial charge in [0.05, 0.1) is 30.9 Å². The summed E-state index contributed by atoms with van der Waals surface area (Å²) < 4.78 is 31.9. The van der Waals surface area contributed by atoms with Gasteiger partial charge in [0.15, 0.2) is 0 Å². The lowest BCUT2D eigenvalue weighted by Gasteiger charge is -2.41. The Morgan fingerprint density at radius 2 is 1.92 bits per heavy atom. The molecule has 3 aliphatic rings. The van der Waals surface area contributed by atoms with Crippen molar-refractivity contribution in [2.45, 2.75) is 109 Å². The van der Waals surface area contributed by atoms with Gasteiger partial charge in [-0.25, -0.2) is 9.18 Å². The van der Waals surface area contributed by atoms with Crippen LogP contribution in [0.5, 0.6) is 5.75 Å². The molecule has 3 atom stereocenters. The Bertz CT molecular complexity index is 923. The molecule has 1 saturated carbocycles. The first-order valence-electron chi connectivity index (χ1n) is 13.5. The summed E-state index contributed by atoms with van der Waals surface area (Å²) in [6.07, 6.45) is 2.86. The molecule has 1 spiro atoms. The van der Waals surface area contributed by atoms with Gasteiger partial charge in [0, 0.05) is 11.6 Å². The van der Waals surface area contributed by atoms with E-state index in [1.54, 1.807) is 4.90 Å². The topological polar surface area (TPSA) is 97.3 Å². The second-order valence-corrected chi connectivity index (χ2v) is 11.1. The van der Waals surface area contributed by atoms with Crippen LogP contribution in [0.2, 0.25) is 0 Å². The number of hydrogen-bond donors (Lipinski definition) is 2. The van der Waals surface area contributed by atoms with Crippen molar-refractivity contribution in [2.75, 3.05) is 19.8 Å². The van der Waals surface area contributed by atoms with Crippen LogP contribution in [0.4, 0.5) is 9.18 Å². The van der Waals surface area contributed by atoms with Crippen molar-refractivity contribution in [1.29, 1.82) is 0 Å². The zero-order valence-corrected chi connectivity index (χ0v) is 23.0. The van der Waals surface area contributed by atoms with Crippen molar-refractivity contribution < 1.29 is 33.3 Å². The molecule has 2 aliphatic heterocycles. The van der Waals surface area contributed by atoms with E-state index in [0.717, 1.165) is 0 Å². The first-order chi connectivity index (χ1) is 17.5. The monoisotopic (exact) mass is 522 g/mol. The van der Waals surface area contributed by atoms with E-state index >= 15 is 0 Å². The van der Waals surface area contributed by atoms with Crippen molar-refractivity contribution in [3.63, 3.8) is 0 Å². The van der Waals surface area contributed by atoms with Crippen LogP contribution in [0.15, 0.2) is 18.2 Å². The number of ether oxygens (including phenoxy) is 3. The predicted octanol–water partition coefficient (Wildman–Crippen LogP) is 4.88. The zero-order chi connectivity index (χ0) is 27.4. The second kappa shape index (κ2) is 12.0. The van der Waals surface area contributed by atoms with Crippen LogP contribution >= 0.6 is 0 Å². The van der Waals surface area contributed by atoms with Gasteiger partial charge >= 0.3 is 6.09 Å². The van der Waals surface area contributed by atoms with Crippen molar-refractivity contribution >= 4 is 12.0 Å². The van der Waals surface area contributed by atoms with Crippen LogP contribution in [0, 0.1) is 5.82 Å². The Labute approximate surface area is 219 Å². The highest BCUT2D eigenvalue weighted by Crippen LogP contribution is 2.41. The van der Waals surface area contributed by atoms with Gasteiger partial charge in [-0.15, -0.1) is 0 Å². The smallest absolute Gasteiger partial charge is 0.410 e. The van der Waals surface area contributed by atoms with Gasteiger partial charge in [0.25, 0.3) is 0 Å². The van der Waals surface area contributed by atoms with Gasteiger partial charge in [-0.1, -0.05) is 19.9 Å². The summed E-state index contributed by atoms with van der Waals surface area (Å²) in [5.41, 5.74) is -1.00. The molecule has 3 fully saturated rings. The average Bonchev–Trinajstić information content (AvgIpc) is 3.08. The highest BCUT2D eigenvalue weighted by atomic mass is 19.1. The zero-order valence-electron chi connectivity index (χ0n) is 23.0. The molecule has 1 aromatic rings. The number of carbonyl (C=O) groups excluding carboxylic acids is 2. The Morgan fingerprint density at radius 1 is 1.24 bits per heavy atom. The Balaban J connectivity index is 0.00000186. The third-order valence-corrected chi connectivity index (χ3v) is 7.30. The molecule has 208 valence electrons. The summed E-state index contributed by atoms with van der Waals surface area (Å²) >= 11 is 0. The van der Waals surface area contributed by atoms with Crippen LogP contribution in [0.1, 0.15) is 85.1 Å². The van der Waals surface area contributed by atoms with E-state index in [0.29, 0.717) is 44.3 Å². The van der Waals surface area contributed by atoms with Gasteiger partial charge in [-0.2, -0.15) is 0 Å². The fourth-order valence-corrected chi connectivity index (χ4v) is 5.84. The molecule has 2 amide bonds. The summed E-state index contributed by atoms with van der Waals surface area (Å²) in [4.78, 5) is 27.1. The highest BCUT2D eigenvalue weighted by molar-refractivity contribution is 5.79. The minimum Gasteiger partial charge on any atom is -0.508 e. The summed E-state index contributed by atoms with van der Waals surface area (Å²) in [5.74, 6) is -0.641. The van der Waals surface area contributed by atoms with Crippen molar-refractivity contribution in [3.05, 3.63) is 29.6 Å². The molecule has 2 saturated heterocycles. The third kappa shape index (κ3) is 6.74. The van der Waals surface area contributed by atoms with E-state index in [1.165, 1.54) is 18.2 Å². The Kier molecular flexibility index (Phi) is 9.45. The van der Waals surface area contributed by atoms with E-state index in [-0.39, 0.29) is 48.8 Å². The predicted molar refractivity (Wildman–Crippen MR) is 138 cm³/mol. The number of aromatic hydroxyl groups is 1. The molecule has 1 aliphatic carbocycles. The quantitative estimate of drug-likeness (QED) is 0.585. The van der Waals surface area contributed by atoms with E-state index < -0.39 is 23.3 Å². The normalized spacial score (nSPS) is 29.9. The number of phenols is 1. The molecule has 0 bridgehead atoms. The molecule has 2 heterocycles. The maximum atomic E-state index is 14.3. The number of amides is 2. The number of phenolic OH excluding ortho intramolecular Hbond substituents is 1. The van der Waals surface area contributed by atoms with Crippen molar-refractivity contribution in [1.82, 2.24) is 10.2 Å². The molecule has 3 unspecified atom stereocenters. The van der Waals surface area contributed by atoms with E-state index in [4.69, 9.17) is 14.2 Å².